The minimum Gasteiger partial charge on any atom is -0.478 e. The van der Waals surface area contributed by atoms with Crippen LogP contribution in [0.1, 0.15) is 36.3 Å². The maximum Gasteiger partial charge on any atom is 0.337 e. The van der Waals surface area contributed by atoms with Crippen molar-refractivity contribution >= 4 is 5.97 Å². The number of aromatic carboxylic acids is 1. The largest absolute Gasteiger partial charge is 0.478 e. The monoisotopic (exact) mass is 326 g/mol. The molecule has 1 fully saturated rings. The molecular weight excluding hydrogens is 304 g/mol. The van der Waals surface area contributed by atoms with Crippen LogP contribution < -0.4 is 0 Å². The Labute approximate surface area is 141 Å². The predicted octanol–water partition coefficient (Wildman–Crippen LogP) is 2.51. The topological polar surface area (TPSA) is 79.2 Å². The van der Waals surface area contributed by atoms with E-state index in [9.17, 15) is 4.79 Å². The fraction of sp³-hybridized carbons (Fsp3) is 0.444. The lowest BCUT2D eigenvalue weighted by atomic mass is 10.0. The molecule has 1 aliphatic rings. The zero-order valence-electron chi connectivity index (χ0n) is 14.0. The number of aromatic nitrogens is 3. The summed E-state index contributed by atoms with van der Waals surface area (Å²) < 4.78 is 0. The Morgan fingerprint density at radius 1 is 1.33 bits per heavy atom. The molecule has 1 N–H and O–H groups in total. The fourth-order valence-electron chi connectivity index (χ4n) is 3.16. The number of rotatable bonds is 5. The molecule has 0 aromatic carbocycles. The van der Waals surface area contributed by atoms with Crippen LogP contribution in [-0.2, 0) is 6.42 Å². The van der Waals surface area contributed by atoms with Crippen LogP contribution in [0.25, 0.3) is 11.3 Å². The van der Waals surface area contributed by atoms with Crippen molar-refractivity contribution < 1.29 is 9.90 Å². The molecule has 0 saturated carbocycles. The van der Waals surface area contributed by atoms with Crippen molar-refractivity contribution in [2.45, 2.75) is 32.7 Å². The number of pyridine rings is 1. The lowest BCUT2D eigenvalue weighted by Gasteiger charge is -2.20. The number of carboxylic acids is 1. The fourth-order valence-corrected chi connectivity index (χ4v) is 3.16. The standard InChI is InChI=1S/C18H22N4O2/c1-12(2)22-4-3-13(10-22)5-16-7-17(21-11-20-16)14-6-15(18(23)24)9-19-8-14/h6-9,11-13H,3-5,10H2,1-2H3,(H,23,24)/t13-/m1/s1. The van der Waals surface area contributed by atoms with Crippen LogP contribution in [0.5, 0.6) is 0 Å². The second-order valence-corrected chi connectivity index (χ2v) is 6.61. The maximum absolute atomic E-state index is 11.1. The van der Waals surface area contributed by atoms with Gasteiger partial charge in [-0.15, -0.1) is 0 Å². The SMILES string of the molecule is CC(C)N1CC[C@H](Cc2cc(-c3cncc(C(=O)O)c3)ncn2)C1. The van der Waals surface area contributed by atoms with Crippen molar-refractivity contribution in [3.8, 4) is 11.3 Å². The molecule has 1 aliphatic heterocycles. The third-order valence-electron chi connectivity index (χ3n) is 4.55. The molecule has 6 heteroatoms. The molecule has 2 aromatic heterocycles. The lowest BCUT2D eigenvalue weighted by Crippen LogP contribution is -2.28. The summed E-state index contributed by atoms with van der Waals surface area (Å²) >= 11 is 0. The number of likely N-dealkylation sites (tertiary alicyclic amines) is 1. The molecule has 1 atom stereocenters. The van der Waals surface area contributed by atoms with Gasteiger partial charge < -0.3 is 10.0 Å². The summed E-state index contributed by atoms with van der Waals surface area (Å²) in [5.41, 5.74) is 2.58. The van der Waals surface area contributed by atoms with Crippen molar-refractivity contribution in [1.29, 1.82) is 0 Å². The van der Waals surface area contributed by atoms with Crippen LogP contribution in [0.15, 0.2) is 30.9 Å². The van der Waals surface area contributed by atoms with Gasteiger partial charge in [0, 0.05) is 36.2 Å². The summed E-state index contributed by atoms with van der Waals surface area (Å²) in [6, 6.07) is 4.12. The maximum atomic E-state index is 11.1. The average molecular weight is 326 g/mol. The Kier molecular flexibility index (Phi) is 4.85. The van der Waals surface area contributed by atoms with Crippen LogP contribution >= 0.6 is 0 Å². The van der Waals surface area contributed by atoms with Gasteiger partial charge in [-0.05, 0) is 51.3 Å². The van der Waals surface area contributed by atoms with Gasteiger partial charge in [-0.1, -0.05) is 0 Å². The highest BCUT2D eigenvalue weighted by molar-refractivity contribution is 5.88. The molecule has 0 spiro atoms. The van der Waals surface area contributed by atoms with Gasteiger partial charge in [0.15, 0.2) is 0 Å². The zero-order chi connectivity index (χ0) is 17.1. The normalized spacial score (nSPS) is 18.2. The molecule has 126 valence electrons. The Bertz CT molecular complexity index is 732. The van der Waals surface area contributed by atoms with Gasteiger partial charge in [0.05, 0.1) is 11.3 Å². The van der Waals surface area contributed by atoms with Crippen LogP contribution in [0.4, 0.5) is 0 Å². The first-order valence-electron chi connectivity index (χ1n) is 8.26. The van der Waals surface area contributed by atoms with E-state index in [1.807, 2.05) is 6.07 Å². The molecule has 0 amide bonds. The van der Waals surface area contributed by atoms with Gasteiger partial charge in [0.2, 0.25) is 0 Å². The quantitative estimate of drug-likeness (QED) is 0.909. The summed E-state index contributed by atoms with van der Waals surface area (Å²) in [5, 5.41) is 9.09. The minimum atomic E-state index is -0.988. The van der Waals surface area contributed by atoms with E-state index >= 15 is 0 Å². The van der Waals surface area contributed by atoms with E-state index in [0.29, 0.717) is 23.2 Å². The molecule has 24 heavy (non-hydrogen) atoms. The smallest absolute Gasteiger partial charge is 0.337 e. The summed E-state index contributed by atoms with van der Waals surface area (Å²) in [6.07, 6.45) is 6.63. The molecule has 0 radical (unpaired) electrons. The Morgan fingerprint density at radius 3 is 2.88 bits per heavy atom. The minimum absolute atomic E-state index is 0.163. The molecule has 2 aromatic rings. The highest BCUT2D eigenvalue weighted by Crippen LogP contribution is 2.23. The molecule has 0 unspecified atom stereocenters. The van der Waals surface area contributed by atoms with Crippen LogP contribution in [0.3, 0.4) is 0 Å². The lowest BCUT2D eigenvalue weighted by molar-refractivity contribution is 0.0696. The van der Waals surface area contributed by atoms with Gasteiger partial charge in [-0.25, -0.2) is 14.8 Å². The number of carbonyl (C=O) groups is 1. The zero-order valence-corrected chi connectivity index (χ0v) is 14.0. The van der Waals surface area contributed by atoms with Crippen molar-refractivity contribution in [1.82, 2.24) is 19.9 Å². The van der Waals surface area contributed by atoms with Crippen molar-refractivity contribution in [3.05, 3.63) is 42.1 Å². The molecule has 1 saturated heterocycles. The van der Waals surface area contributed by atoms with E-state index in [1.54, 1.807) is 18.6 Å². The van der Waals surface area contributed by atoms with E-state index in [-0.39, 0.29) is 5.56 Å². The van der Waals surface area contributed by atoms with E-state index in [0.717, 1.165) is 25.2 Å². The number of hydrogen-bond donors (Lipinski definition) is 1. The van der Waals surface area contributed by atoms with E-state index in [1.165, 1.54) is 12.6 Å². The van der Waals surface area contributed by atoms with E-state index in [4.69, 9.17) is 5.11 Å². The molecule has 0 aliphatic carbocycles. The van der Waals surface area contributed by atoms with Crippen LogP contribution in [-0.4, -0.2) is 50.1 Å². The van der Waals surface area contributed by atoms with E-state index < -0.39 is 5.97 Å². The third kappa shape index (κ3) is 3.76. The molecule has 3 heterocycles. The number of nitrogens with zero attached hydrogens (tertiary/aromatic N) is 4. The highest BCUT2D eigenvalue weighted by Gasteiger charge is 2.24. The van der Waals surface area contributed by atoms with Gasteiger partial charge in [0.25, 0.3) is 0 Å². The van der Waals surface area contributed by atoms with Crippen molar-refractivity contribution in [2.75, 3.05) is 13.1 Å². The van der Waals surface area contributed by atoms with Crippen LogP contribution in [0, 0.1) is 5.92 Å². The third-order valence-corrected chi connectivity index (χ3v) is 4.55. The van der Waals surface area contributed by atoms with Gasteiger partial charge in [-0.2, -0.15) is 0 Å². The van der Waals surface area contributed by atoms with Crippen molar-refractivity contribution in [2.24, 2.45) is 5.92 Å². The van der Waals surface area contributed by atoms with Crippen LogP contribution in [0.2, 0.25) is 0 Å². The second kappa shape index (κ2) is 7.05. The highest BCUT2D eigenvalue weighted by atomic mass is 16.4. The number of carboxylic acid groups (broad SMARTS) is 1. The van der Waals surface area contributed by atoms with Crippen molar-refractivity contribution in [3.63, 3.8) is 0 Å². The van der Waals surface area contributed by atoms with Gasteiger partial charge in [-0.3, -0.25) is 4.98 Å². The first-order valence-corrected chi connectivity index (χ1v) is 8.26. The molecule has 3 rings (SSSR count). The average Bonchev–Trinajstić information content (AvgIpc) is 3.04. The Hall–Kier alpha value is -2.34. The summed E-state index contributed by atoms with van der Waals surface area (Å²) in [5.74, 6) is -0.378. The first-order chi connectivity index (χ1) is 11.5. The molecular formula is C18H22N4O2. The van der Waals surface area contributed by atoms with Gasteiger partial charge in [0.1, 0.15) is 6.33 Å². The summed E-state index contributed by atoms with van der Waals surface area (Å²) in [6.45, 7) is 6.71. The Balaban J connectivity index is 1.75. The first kappa shape index (κ1) is 16.5. The number of hydrogen-bond acceptors (Lipinski definition) is 5. The Morgan fingerprint density at radius 2 is 2.17 bits per heavy atom. The second-order valence-electron chi connectivity index (χ2n) is 6.61. The summed E-state index contributed by atoms with van der Waals surface area (Å²) in [7, 11) is 0. The van der Waals surface area contributed by atoms with E-state index in [2.05, 4.69) is 33.7 Å². The predicted molar refractivity (Wildman–Crippen MR) is 90.7 cm³/mol. The molecule has 0 bridgehead atoms. The summed E-state index contributed by atoms with van der Waals surface area (Å²) in [4.78, 5) is 26.2. The van der Waals surface area contributed by atoms with Gasteiger partial charge >= 0.3 is 5.97 Å². The molecule has 6 nitrogen and oxygen atoms in total.